The van der Waals surface area contributed by atoms with Gasteiger partial charge in [0.25, 0.3) is 5.91 Å². The Hall–Kier alpha value is -2.35. The Bertz CT molecular complexity index is 1040. The molecule has 0 saturated carbocycles. The lowest BCUT2D eigenvalue weighted by Gasteiger charge is -2.15. The minimum absolute atomic E-state index is 0.0136. The molecule has 0 aliphatic carbocycles. The van der Waals surface area contributed by atoms with Gasteiger partial charge in [0.05, 0.1) is 22.5 Å². The van der Waals surface area contributed by atoms with Crippen LogP contribution < -0.4 is 10.1 Å². The minimum Gasteiger partial charge on any atom is -0.489 e. The van der Waals surface area contributed by atoms with Gasteiger partial charge in [-0.25, -0.2) is 9.67 Å². The molecule has 2 aromatic heterocycles. The third-order valence-corrected chi connectivity index (χ3v) is 5.14. The van der Waals surface area contributed by atoms with Crippen LogP contribution in [0.5, 0.6) is 5.75 Å². The first kappa shape index (κ1) is 21.4. The average Bonchev–Trinajstić information content (AvgIpc) is 3.09. The predicted octanol–water partition coefficient (Wildman–Crippen LogP) is 3.80. The number of halogens is 2. The topological polar surface area (TPSA) is 89.3 Å². The van der Waals surface area contributed by atoms with Crippen molar-refractivity contribution in [2.45, 2.75) is 32.9 Å². The number of ether oxygens (including phenoxy) is 1. The number of amides is 1. The van der Waals surface area contributed by atoms with Crippen LogP contribution in [-0.4, -0.2) is 45.0 Å². The second-order valence-corrected chi connectivity index (χ2v) is 7.73. The van der Waals surface area contributed by atoms with Crippen molar-refractivity contribution < 1.29 is 14.6 Å². The van der Waals surface area contributed by atoms with Crippen molar-refractivity contribution in [2.24, 2.45) is 0 Å². The molecule has 2 N–H and O–H groups in total. The van der Waals surface area contributed by atoms with Crippen LogP contribution in [0.1, 0.15) is 35.9 Å². The molecular formula is C20H22Cl2N4O3. The van der Waals surface area contributed by atoms with Gasteiger partial charge in [-0.1, -0.05) is 29.3 Å². The minimum atomic E-state index is -0.922. The number of pyridine rings is 1. The molecule has 7 nitrogen and oxygen atoms in total. The molecule has 0 radical (unpaired) electrons. The SMILES string of the molecule is Cc1nc2c(cnn2C(C)C)cc1C(=O)NCC(O)COc1cccc(Cl)c1Cl. The molecule has 29 heavy (non-hydrogen) atoms. The Morgan fingerprint density at radius 2 is 2.10 bits per heavy atom. The number of hydrogen-bond donors (Lipinski definition) is 2. The number of nitrogens with one attached hydrogen (secondary N) is 1. The number of carbonyl (C=O) groups is 1. The Labute approximate surface area is 178 Å². The van der Waals surface area contributed by atoms with Gasteiger partial charge in [0, 0.05) is 18.0 Å². The zero-order valence-electron chi connectivity index (χ0n) is 16.3. The molecule has 0 aliphatic heterocycles. The molecule has 1 aromatic carbocycles. The van der Waals surface area contributed by atoms with E-state index in [-0.39, 0.29) is 30.1 Å². The number of carbonyl (C=O) groups excluding carboxylic acids is 1. The highest BCUT2D eigenvalue weighted by molar-refractivity contribution is 6.42. The summed E-state index contributed by atoms with van der Waals surface area (Å²) < 4.78 is 7.29. The normalized spacial score (nSPS) is 12.4. The maximum Gasteiger partial charge on any atom is 0.253 e. The summed E-state index contributed by atoms with van der Waals surface area (Å²) >= 11 is 12.0. The van der Waals surface area contributed by atoms with E-state index in [1.165, 1.54) is 0 Å². The first-order valence-corrected chi connectivity index (χ1v) is 9.91. The Morgan fingerprint density at radius 3 is 2.83 bits per heavy atom. The van der Waals surface area contributed by atoms with E-state index in [0.717, 1.165) is 11.0 Å². The van der Waals surface area contributed by atoms with Crippen molar-refractivity contribution in [2.75, 3.05) is 13.2 Å². The number of aliphatic hydroxyl groups is 1. The highest BCUT2D eigenvalue weighted by Gasteiger charge is 2.17. The fourth-order valence-electron chi connectivity index (χ4n) is 2.82. The molecule has 1 atom stereocenters. The van der Waals surface area contributed by atoms with Gasteiger partial charge in [0.15, 0.2) is 5.65 Å². The van der Waals surface area contributed by atoms with Crippen molar-refractivity contribution in [1.82, 2.24) is 20.1 Å². The summed E-state index contributed by atoms with van der Waals surface area (Å²) in [5, 5.41) is 18.6. The standard InChI is InChI=1S/C20H22Cl2N4O3/c1-11(2)26-19-13(8-24-26)7-15(12(3)25-19)20(28)23-9-14(27)10-29-17-6-4-5-16(21)18(17)22/h4-8,11,14,27H,9-10H2,1-3H3,(H,23,28). The van der Waals surface area contributed by atoms with E-state index in [1.54, 1.807) is 37.4 Å². The van der Waals surface area contributed by atoms with Crippen molar-refractivity contribution >= 4 is 40.1 Å². The number of benzene rings is 1. The lowest BCUT2D eigenvalue weighted by Crippen LogP contribution is -2.35. The molecule has 3 rings (SSSR count). The maximum absolute atomic E-state index is 12.6. The molecule has 0 bridgehead atoms. The zero-order chi connectivity index (χ0) is 21.1. The molecule has 154 valence electrons. The van der Waals surface area contributed by atoms with E-state index < -0.39 is 6.10 Å². The highest BCUT2D eigenvalue weighted by atomic mass is 35.5. The largest absolute Gasteiger partial charge is 0.489 e. The number of aliphatic hydroxyl groups excluding tert-OH is 1. The molecule has 9 heteroatoms. The number of fused-ring (bicyclic) bond motifs is 1. The van der Waals surface area contributed by atoms with Crippen molar-refractivity contribution in [3.05, 3.63) is 51.8 Å². The molecule has 0 fully saturated rings. The van der Waals surface area contributed by atoms with Crippen molar-refractivity contribution in [3.8, 4) is 5.75 Å². The molecule has 1 amide bonds. The quantitative estimate of drug-likeness (QED) is 0.587. The number of aromatic nitrogens is 3. The first-order valence-electron chi connectivity index (χ1n) is 9.16. The summed E-state index contributed by atoms with van der Waals surface area (Å²) in [7, 11) is 0. The van der Waals surface area contributed by atoms with Gasteiger partial charge < -0.3 is 15.2 Å². The molecule has 2 heterocycles. The highest BCUT2D eigenvalue weighted by Crippen LogP contribution is 2.31. The fourth-order valence-corrected chi connectivity index (χ4v) is 3.17. The second-order valence-electron chi connectivity index (χ2n) is 6.94. The predicted molar refractivity (Wildman–Crippen MR) is 113 cm³/mol. The summed E-state index contributed by atoms with van der Waals surface area (Å²) in [5.74, 6) is 0.0474. The molecule has 0 saturated heterocycles. The van der Waals surface area contributed by atoms with E-state index in [9.17, 15) is 9.90 Å². The fraction of sp³-hybridized carbons (Fsp3) is 0.350. The number of hydrogen-bond acceptors (Lipinski definition) is 5. The van der Waals surface area contributed by atoms with Crippen molar-refractivity contribution in [1.29, 1.82) is 0 Å². The third-order valence-electron chi connectivity index (χ3n) is 4.34. The Kier molecular flexibility index (Phi) is 6.62. The van der Waals surface area contributed by atoms with Crippen LogP contribution in [0.3, 0.4) is 0 Å². The van der Waals surface area contributed by atoms with E-state index in [1.807, 2.05) is 18.5 Å². The first-order chi connectivity index (χ1) is 13.8. The zero-order valence-corrected chi connectivity index (χ0v) is 17.8. The van der Waals surface area contributed by atoms with Gasteiger partial charge in [-0.2, -0.15) is 5.10 Å². The smallest absolute Gasteiger partial charge is 0.253 e. The lowest BCUT2D eigenvalue weighted by atomic mass is 10.1. The molecule has 0 spiro atoms. The maximum atomic E-state index is 12.6. The van der Waals surface area contributed by atoms with E-state index in [2.05, 4.69) is 15.4 Å². The summed E-state index contributed by atoms with van der Waals surface area (Å²) in [5.41, 5.74) is 1.77. The van der Waals surface area contributed by atoms with E-state index >= 15 is 0 Å². The van der Waals surface area contributed by atoms with E-state index in [0.29, 0.717) is 22.0 Å². The van der Waals surface area contributed by atoms with Crippen LogP contribution in [0.25, 0.3) is 11.0 Å². The molecule has 3 aromatic rings. The van der Waals surface area contributed by atoms with Crippen LogP contribution in [0, 0.1) is 6.92 Å². The van der Waals surface area contributed by atoms with Gasteiger partial charge in [0.1, 0.15) is 23.5 Å². The van der Waals surface area contributed by atoms with Gasteiger partial charge >= 0.3 is 0 Å². The lowest BCUT2D eigenvalue weighted by molar-refractivity contribution is 0.0843. The van der Waals surface area contributed by atoms with Crippen LogP contribution >= 0.6 is 23.2 Å². The van der Waals surface area contributed by atoms with Gasteiger partial charge in [-0.15, -0.1) is 0 Å². The second kappa shape index (κ2) is 8.98. The van der Waals surface area contributed by atoms with Crippen molar-refractivity contribution in [3.63, 3.8) is 0 Å². The monoisotopic (exact) mass is 436 g/mol. The van der Waals surface area contributed by atoms with E-state index in [4.69, 9.17) is 27.9 Å². The third kappa shape index (κ3) is 4.80. The number of nitrogens with zero attached hydrogens (tertiary/aromatic N) is 3. The van der Waals surface area contributed by atoms with Crippen LogP contribution in [0.4, 0.5) is 0 Å². The van der Waals surface area contributed by atoms with Crippen LogP contribution in [0.2, 0.25) is 10.0 Å². The Morgan fingerprint density at radius 1 is 1.34 bits per heavy atom. The summed E-state index contributed by atoms with van der Waals surface area (Å²) in [6.07, 6.45) is 0.769. The van der Waals surface area contributed by atoms with Gasteiger partial charge in [0.2, 0.25) is 0 Å². The summed E-state index contributed by atoms with van der Waals surface area (Å²) in [6, 6.07) is 6.92. The summed E-state index contributed by atoms with van der Waals surface area (Å²) in [4.78, 5) is 17.1. The number of rotatable bonds is 7. The summed E-state index contributed by atoms with van der Waals surface area (Å²) in [6.45, 7) is 5.78. The molecule has 1 unspecified atom stereocenters. The van der Waals surface area contributed by atoms with Crippen LogP contribution in [-0.2, 0) is 0 Å². The van der Waals surface area contributed by atoms with Crippen LogP contribution in [0.15, 0.2) is 30.5 Å². The molecule has 0 aliphatic rings. The average molecular weight is 437 g/mol. The van der Waals surface area contributed by atoms with Gasteiger partial charge in [-0.3, -0.25) is 4.79 Å². The van der Waals surface area contributed by atoms with Gasteiger partial charge in [-0.05, 0) is 39.0 Å². The Balaban J connectivity index is 1.61. The number of aryl methyl sites for hydroxylation is 1. The molecular weight excluding hydrogens is 415 g/mol.